The third-order valence-corrected chi connectivity index (χ3v) is 13.0. The quantitative estimate of drug-likeness (QED) is 0.160. The van der Waals surface area contributed by atoms with Crippen molar-refractivity contribution in [3.63, 3.8) is 0 Å². The van der Waals surface area contributed by atoms with Crippen LogP contribution in [-0.2, 0) is 0 Å². The van der Waals surface area contributed by atoms with E-state index in [4.69, 9.17) is 4.42 Å². The first kappa shape index (κ1) is 34.4. The Bertz CT molecular complexity index is 3570. The van der Waals surface area contributed by atoms with Gasteiger partial charge in [-0.05, 0) is 95.2 Å². The van der Waals surface area contributed by atoms with Crippen LogP contribution in [0.15, 0.2) is 223 Å². The number of hydrogen-bond acceptors (Lipinski definition) is 4. The van der Waals surface area contributed by atoms with Gasteiger partial charge < -0.3 is 14.2 Å². The molecule has 0 amide bonds. The van der Waals surface area contributed by atoms with E-state index in [1.54, 1.807) is 0 Å². The predicted octanol–water partition coefficient (Wildman–Crippen LogP) is 16.9. The Balaban J connectivity index is 1.16. The highest BCUT2D eigenvalue weighted by Gasteiger charge is 2.24. The molecule has 282 valence electrons. The second-order valence-corrected chi connectivity index (χ2v) is 16.4. The number of hydrogen-bond donors (Lipinski definition) is 0. The molecule has 0 radical (unpaired) electrons. The molecule has 0 saturated carbocycles. The number of anilines is 6. The minimum absolute atomic E-state index is 0.872. The summed E-state index contributed by atoms with van der Waals surface area (Å²) < 4.78 is 8.93. The molecule has 0 spiro atoms. The summed E-state index contributed by atoms with van der Waals surface area (Å²) >= 11 is 1.85. The maximum Gasteiger partial charge on any atom is 0.135 e. The van der Waals surface area contributed by atoms with E-state index >= 15 is 0 Å². The van der Waals surface area contributed by atoms with Gasteiger partial charge in [-0.1, -0.05) is 140 Å². The summed E-state index contributed by atoms with van der Waals surface area (Å²) in [6, 6.07) is 79.0. The lowest BCUT2D eigenvalue weighted by Gasteiger charge is -2.32. The van der Waals surface area contributed by atoms with E-state index in [2.05, 4.69) is 216 Å². The molecule has 0 atom stereocenters. The van der Waals surface area contributed by atoms with Crippen molar-refractivity contribution in [3.8, 4) is 11.1 Å². The van der Waals surface area contributed by atoms with E-state index < -0.39 is 0 Å². The highest BCUT2D eigenvalue weighted by molar-refractivity contribution is 7.25. The number of thiophene rings is 1. The number of nitrogens with zero attached hydrogens (tertiary/aromatic N) is 2. The summed E-state index contributed by atoms with van der Waals surface area (Å²) in [5, 5.41) is 9.49. The maximum absolute atomic E-state index is 6.34. The first-order chi connectivity index (χ1) is 29.7. The van der Waals surface area contributed by atoms with Crippen molar-refractivity contribution in [2.75, 3.05) is 9.80 Å². The van der Waals surface area contributed by atoms with Crippen LogP contribution in [0.5, 0.6) is 0 Å². The Morgan fingerprint density at radius 2 is 0.900 bits per heavy atom. The van der Waals surface area contributed by atoms with Crippen molar-refractivity contribution >= 4 is 109 Å². The molecule has 0 N–H and O–H groups in total. The van der Waals surface area contributed by atoms with Crippen molar-refractivity contribution in [1.82, 2.24) is 0 Å². The van der Waals surface area contributed by atoms with Crippen molar-refractivity contribution in [2.45, 2.75) is 0 Å². The molecule has 12 rings (SSSR count). The molecule has 0 fully saturated rings. The van der Waals surface area contributed by atoms with E-state index in [-0.39, 0.29) is 0 Å². The van der Waals surface area contributed by atoms with Crippen LogP contribution in [0.3, 0.4) is 0 Å². The number of rotatable bonds is 7. The average Bonchev–Trinajstić information content (AvgIpc) is 3.88. The van der Waals surface area contributed by atoms with Gasteiger partial charge in [0.1, 0.15) is 11.2 Å². The number of benzene rings is 10. The number of fused-ring (bicyclic) bond motifs is 8. The van der Waals surface area contributed by atoms with E-state index in [0.29, 0.717) is 0 Å². The largest absolute Gasteiger partial charge is 0.456 e. The minimum atomic E-state index is 0.872. The molecule has 10 aromatic carbocycles. The first-order valence-electron chi connectivity index (χ1n) is 20.3. The lowest BCUT2D eigenvalue weighted by molar-refractivity contribution is 0.669. The summed E-state index contributed by atoms with van der Waals surface area (Å²) in [5.41, 5.74) is 10.5. The highest BCUT2D eigenvalue weighted by atomic mass is 32.1. The van der Waals surface area contributed by atoms with E-state index in [1.165, 1.54) is 41.7 Å². The lowest BCUT2D eigenvalue weighted by Crippen LogP contribution is -2.14. The second kappa shape index (κ2) is 14.0. The third kappa shape index (κ3) is 5.65. The number of furan rings is 1. The molecule has 4 heteroatoms. The van der Waals surface area contributed by atoms with Crippen molar-refractivity contribution in [2.24, 2.45) is 0 Å². The average molecular weight is 785 g/mol. The van der Waals surface area contributed by atoms with Crippen LogP contribution in [0.25, 0.3) is 74.8 Å². The Morgan fingerprint density at radius 1 is 0.317 bits per heavy atom. The van der Waals surface area contributed by atoms with Crippen LogP contribution >= 0.6 is 11.3 Å². The van der Waals surface area contributed by atoms with Crippen molar-refractivity contribution in [3.05, 3.63) is 218 Å². The van der Waals surface area contributed by atoms with Crippen LogP contribution in [0, 0.1) is 0 Å². The van der Waals surface area contributed by atoms with Gasteiger partial charge >= 0.3 is 0 Å². The summed E-state index contributed by atoms with van der Waals surface area (Å²) in [6.45, 7) is 0. The van der Waals surface area contributed by atoms with Crippen LogP contribution in [0.1, 0.15) is 0 Å². The normalized spacial score (nSPS) is 11.7. The summed E-state index contributed by atoms with van der Waals surface area (Å²) in [5.74, 6) is 0. The van der Waals surface area contributed by atoms with Gasteiger partial charge in [0.05, 0.1) is 17.1 Å². The molecule has 2 aromatic heterocycles. The smallest absolute Gasteiger partial charge is 0.135 e. The Hall–Kier alpha value is -7.66. The SMILES string of the molecule is c1ccc(N(c2cc(N(c3ccc4oc5ccccc5c4c3)c3cccc4ccccc34)ccc2-c2ccc3sc4ccccc4c3c2)c2cccc3ccccc23)cc1. The van der Waals surface area contributed by atoms with Gasteiger partial charge in [-0.15, -0.1) is 11.3 Å². The molecule has 12 aromatic rings. The molecule has 0 unspecified atom stereocenters. The van der Waals surface area contributed by atoms with Crippen LogP contribution < -0.4 is 9.80 Å². The minimum Gasteiger partial charge on any atom is -0.456 e. The van der Waals surface area contributed by atoms with Crippen molar-refractivity contribution in [1.29, 1.82) is 0 Å². The Labute approximate surface area is 351 Å². The summed E-state index contributed by atoms with van der Waals surface area (Å²) in [4.78, 5) is 4.86. The van der Waals surface area contributed by atoms with Gasteiger partial charge in [0.2, 0.25) is 0 Å². The van der Waals surface area contributed by atoms with Gasteiger partial charge in [0.25, 0.3) is 0 Å². The van der Waals surface area contributed by atoms with E-state index in [9.17, 15) is 0 Å². The molecule has 0 aliphatic carbocycles. The fourth-order valence-corrected chi connectivity index (χ4v) is 10.1. The Morgan fingerprint density at radius 3 is 1.68 bits per heavy atom. The zero-order chi connectivity index (χ0) is 39.6. The maximum atomic E-state index is 6.34. The first-order valence-corrected chi connectivity index (χ1v) is 21.1. The number of para-hydroxylation sites is 2. The Kier molecular flexibility index (Phi) is 8.03. The molecule has 0 saturated heterocycles. The fourth-order valence-electron chi connectivity index (χ4n) is 9.05. The summed E-state index contributed by atoms with van der Waals surface area (Å²) in [6.07, 6.45) is 0. The van der Waals surface area contributed by atoms with Gasteiger partial charge in [-0.3, -0.25) is 0 Å². The van der Waals surface area contributed by atoms with Crippen LogP contribution in [-0.4, -0.2) is 0 Å². The summed E-state index contributed by atoms with van der Waals surface area (Å²) in [7, 11) is 0. The van der Waals surface area contributed by atoms with Crippen LogP contribution in [0.2, 0.25) is 0 Å². The van der Waals surface area contributed by atoms with Gasteiger partial charge in [0, 0.05) is 64.3 Å². The monoisotopic (exact) mass is 784 g/mol. The van der Waals surface area contributed by atoms with Crippen molar-refractivity contribution < 1.29 is 4.42 Å². The molecule has 0 bridgehead atoms. The lowest BCUT2D eigenvalue weighted by atomic mass is 9.97. The van der Waals surface area contributed by atoms with Gasteiger partial charge in [-0.25, -0.2) is 0 Å². The second-order valence-electron chi connectivity index (χ2n) is 15.3. The highest BCUT2D eigenvalue weighted by Crippen LogP contribution is 2.49. The molecule has 0 aliphatic heterocycles. The predicted molar refractivity (Wildman–Crippen MR) is 256 cm³/mol. The van der Waals surface area contributed by atoms with E-state index in [0.717, 1.165) is 67.2 Å². The third-order valence-electron chi connectivity index (χ3n) is 11.8. The standard InChI is InChI=1S/C56H36N2OS/c1-2-18-40(19-3-1)58(51-25-13-17-38-15-5-7-21-44(38)51)52-36-42(29-31-45(52)39-28-33-56-49(34-39)47-23-9-11-27-55(47)60-56)57(50-24-12-16-37-14-4-6-20-43(37)50)41-30-32-54-48(35-41)46-22-8-10-26-53(46)59-54/h1-36H. The van der Waals surface area contributed by atoms with E-state index in [1.807, 2.05) is 23.5 Å². The molecular weight excluding hydrogens is 749 g/mol. The fraction of sp³-hybridized carbons (Fsp3) is 0. The van der Waals surface area contributed by atoms with Crippen LogP contribution in [0.4, 0.5) is 34.1 Å². The molecule has 3 nitrogen and oxygen atoms in total. The van der Waals surface area contributed by atoms with Gasteiger partial charge in [0.15, 0.2) is 0 Å². The molecule has 0 aliphatic rings. The molecular formula is C56H36N2OS. The topological polar surface area (TPSA) is 19.6 Å². The molecule has 60 heavy (non-hydrogen) atoms. The zero-order valence-corrected chi connectivity index (χ0v) is 33.3. The molecule has 2 heterocycles. The van der Waals surface area contributed by atoms with Gasteiger partial charge in [-0.2, -0.15) is 0 Å². The zero-order valence-electron chi connectivity index (χ0n) is 32.5.